The Hall–Kier alpha value is -1.32. The Morgan fingerprint density at radius 1 is 1.32 bits per heavy atom. The van der Waals surface area contributed by atoms with Crippen LogP contribution >= 0.6 is 0 Å². The number of rotatable bonds is 4. The van der Waals surface area contributed by atoms with Gasteiger partial charge in [0.1, 0.15) is 17.5 Å². The molecule has 1 N–H and O–H groups in total. The summed E-state index contributed by atoms with van der Waals surface area (Å²) in [5.41, 5.74) is 1.18. The zero-order chi connectivity index (χ0) is 13.8. The molecule has 1 aromatic heterocycles. The molecule has 4 nitrogen and oxygen atoms in total. The van der Waals surface area contributed by atoms with Crippen LogP contribution in [0.3, 0.4) is 0 Å². The molecule has 1 unspecified atom stereocenters. The van der Waals surface area contributed by atoms with E-state index in [1.165, 1.54) is 24.8 Å². The molecule has 1 fully saturated rings. The molecule has 1 aromatic rings. The van der Waals surface area contributed by atoms with Gasteiger partial charge in [-0.1, -0.05) is 6.92 Å². The second kappa shape index (κ2) is 6.22. The van der Waals surface area contributed by atoms with Gasteiger partial charge in [0, 0.05) is 31.6 Å². The van der Waals surface area contributed by atoms with Crippen molar-refractivity contribution >= 4 is 11.6 Å². The van der Waals surface area contributed by atoms with Crippen molar-refractivity contribution in [3.8, 4) is 0 Å². The summed E-state index contributed by atoms with van der Waals surface area (Å²) in [5.74, 6) is 3.08. The predicted octanol–water partition coefficient (Wildman–Crippen LogP) is 3.16. The molecule has 0 bridgehead atoms. The van der Waals surface area contributed by atoms with E-state index in [9.17, 15) is 0 Å². The van der Waals surface area contributed by atoms with Gasteiger partial charge in [0.15, 0.2) is 0 Å². The first-order chi connectivity index (χ1) is 9.17. The summed E-state index contributed by atoms with van der Waals surface area (Å²) in [4.78, 5) is 11.9. The van der Waals surface area contributed by atoms with Crippen LogP contribution in [0.2, 0.25) is 0 Å². The van der Waals surface area contributed by atoms with E-state index in [2.05, 4.69) is 36.0 Å². The third kappa shape index (κ3) is 2.99. The molecule has 19 heavy (non-hydrogen) atoms. The lowest BCUT2D eigenvalue weighted by atomic mass is 10.0. The van der Waals surface area contributed by atoms with Crippen molar-refractivity contribution in [3.63, 3.8) is 0 Å². The monoisotopic (exact) mass is 262 g/mol. The maximum atomic E-state index is 4.82. The second-order valence-corrected chi connectivity index (χ2v) is 5.48. The molecule has 1 aliphatic heterocycles. The fraction of sp³-hybridized carbons (Fsp3) is 0.733. The highest BCUT2D eigenvalue weighted by atomic mass is 15.2. The molecule has 1 aliphatic rings. The van der Waals surface area contributed by atoms with Crippen LogP contribution in [0.5, 0.6) is 0 Å². The molecule has 0 amide bonds. The van der Waals surface area contributed by atoms with Gasteiger partial charge in [0.05, 0.1) is 0 Å². The number of hydrogen-bond acceptors (Lipinski definition) is 4. The Kier molecular flexibility index (Phi) is 4.61. The summed E-state index contributed by atoms with van der Waals surface area (Å²) in [6.45, 7) is 7.72. The quantitative estimate of drug-likeness (QED) is 0.905. The summed E-state index contributed by atoms with van der Waals surface area (Å²) in [7, 11) is 1.94. The SMILES string of the molecule is CCCc1nc(NC)c(C)c(N2CCCCC2C)n1. The van der Waals surface area contributed by atoms with Crippen LogP contribution in [0.4, 0.5) is 11.6 Å². The maximum Gasteiger partial charge on any atom is 0.137 e. The van der Waals surface area contributed by atoms with Crippen LogP contribution in [0.15, 0.2) is 0 Å². The largest absolute Gasteiger partial charge is 0.373 e. The number of hydrogen-bond donors (Lipinski definition) is 1. The molecule has 0 aliphatic carbocycles. The Balaban J connectivity index is 2.38. The first kappa shape index (κ1) is 14.1. The van der Waals surface area contributed by atoms with Gasteiger partial charge in [-0.3, -0.25) is 0 Å². The smallest absolute Gasteiger partial charge is 0.137 e. The van der Waals surface area contributed by atoms with Crippen LogP contribution in [0.25, 0.3) is 0 Å². The molecule has 2 rings (SSSR count). The number of aromatic nitrogens is 2. The van der Waals surface area contributed by atoms with Gasteiger partial charge in [-0.25, -0.2) is 9.97 Å². The molecule has 0 spiro atoms. The van der Waals surface area contributed by atoms with E-state index in [0.717, 1.165) is 36.8 Å². The second-order valence-electron chi connectivity index (χ2n) is 5.48. The van der Waals surface area contributed by atoms with Gasteiger partial charge < -0.3 is 10.2 Å². The van der Waals surface area contributed by atoms with Crippen molar-refractivity contribution < 1.29 is 0 Å². The first-order valence-corrected chi connectivity index (χ1v) is 7.49. The standard InChI is InChI=1S/C15H26N4/c1-5-8-13-17-14(16-4)12(3)15(18-13)19-10-7-6-9-11(19)2/h11H,5-10H2,1-4H3,(H,16,17,18). The van der Waals surface area contributed by atoms with Gasteiger partial charge >= 0.3 is 0 Å². The average molecular weight is 262 g/mol. The average Bonchev–Trinajstić information content (AvgIpc) is 2.42. The molecular formula is C15H26N4. The zero-order valence-corrected chi connectivity index (χ0v) is 12.7. The van der Waals surface area contributed by atoms with Crippen LogP contribution < -0.4 is 10.2 Å². The molecule has 0 radical (unpaired) electrons. The van der Waals surface area contributed by atoms with E-state index in [1.54, 1.807) is 0 Å². The molecule has 4 heteroatoms. The third-order valence-electron chi connectivity index (χ3n) is 3.95. The summed E-state index contributed by atoms with van der Waals surface area (Å²) < 4.78 is 0. The molecule has 106 valence electrons. The van der Waals surface area contributed by atoms with Crippen LogP contribution in [0, 0.1) is 6.92 Å². The van der Waals surface area contributed by atoms with Gasteiger partial charge in [-0.15, -0.1) is 0 Å². The van der Waals surface area contributed by atoms with Crippen molar-refractivity contribution in [2.45, 2.75) is 58.9 Å². The molecule has 0 aromatic carbocycles. The Bertz CT molecular complexity index is 430. The summed E-state index contributed by atoms with van der Waals surface area (Å²) in [5, 5.41) is 3.21. The summed E-state index contributed by atoms with van der Waals surface area (Å²) in [6.07, 6.45) is 5.90. The minimum absolute atomic E-state index is 0.585. The lowest BCUT2D eigenvalue weighted by molar-refractivity contribution is 0.479. The number of nitrogens with zero attached hydrogens (tertiary/aromatic N) is 3. The van der Waals surface area contributed by atoms with Crippen LogP contribution in [0.1, 0.15) is 50.9 Å². The van der Waals surface area contributed by atoms with Gasteiger partial charge in [-0.05, 0) is 39.5 Å². The minimum Gasteiger partial charge on any atom is -0.373 e. The fourth-order valence-electron chi connectivity index (χ4n) is 2.82. The Labute approximate surface area is 116 Å². The Morgan fingerprint density at radius 2 is 2.11 bits per heavy atom. The van der Waals surface area contributed by atoms with E-state index in [-0.39, 0.29) is 0 Å². The van der Waals surface area contributed by atoms with Gasteiger partial charge in [0.2, 0.25) is 0 Å². The van der Waals surface area contributed by atoms with Crippen molar-refractivity contribution in [3.05, 3.63) is 11.4 Å². The van der Waals surface area contributed by atoms with Crippen LogP contribution in [-0.2, 0) is 6.42 Å². The van der Waals surface area contributed by atoms with E-state index < -0.39 is 0 Å². The maximum absolute atomic E-state index is 4.82. The lowest BCUT2D eigenvalue weighted by Crippen LogP contribution is -2.38. The van der Waals surface area contributed by atoms with Crippen LogP contribution in [-0.4, -0.2) is 29.6 Å². The van der Waals surface area contributed by atoms with Gasteiger partial charge in [0.25, 0.3) is 0 Å². The van der Waals surface area contributed by atoms with Crippen molar-refractivity contribution in [1.29, 1.82) is 0 Å². The number of anilines is 2. The van der Waals surface area contributed by atoms with E-state index in [1.807, 2.05) is 7.05 Å². The lowest BCUT2D eigenvalue weighted by Gasteiger charge is -2.35. The normalized spacial score (nSPS) is 19.6. The first-order valence-electron chi connectivity index (χ1n) is 7.49. The number of aryl methyl sites for hydroxylation is 1. The van der Waals surface area contributed by atoms with Crippen molar-refractivity contribution in [1.82, 2.24) is 9.97 Å². The van der Waals surface area contributed by atoms with E-state index in [4.69, 9.17) is 4.98 Å². The van der Waals surface area contributed by atoms with Crippen molar-refractivity contribution in [2.75, 3.05) is 23.8 Å². The van der Waals surface area contributed by atoms with E-state index >= 15 is 0 Å². The predicted molar refractivity (Wildman–Crippen MR) is 81.0 cm³/mol. The minimum atomic E-state index is 0.585. The van der Waals surface area contributed by atoms with Gasteiger partial charge in [-0.2, -0.15) is 0 Å². The molecular weight excluding hydrogens is 236 g/mol. The zero-order valence-electron chi connectivity index (χ0n) is 12.7. The number of piperidine rings is 1. The topological polar surface area (TPSA) is 41.1 Å². The summed E-state index contributed by atoms with van der Waals surface area (Å²) >= 11 is 0. The summed E-state index contributed by atoms with van der Waals surface area (Å²) in [6, 6.07) is 0.585. The molecule has 0 saturated carbocycles. The highest BCUT2D eigenvalue weighted by Crippen LogP contribution is 2.29. The highest BCUT2D eigenvalue weighted by molar-refractivity contribution is 5.59. The Morgan fingerprint density at radius 3 is 2.74 bits per heavy atom. The van der Waals surface area contributed by atoms with Crippen molar-refractivity contribution in [2.24, 2.45) is 0 Å². The highest BCUT2D eigenvalue weighted by Gasteiger charge is 2.23. The molecule has 2 heterocycles. The number of nitrogens with one attached hydrogen (secondary N) is 1. The molecule has 1 saturated heterocycles. The fourth-order valence-corrected chi connectivity index (χ4v) is 2.82. The third-order valence-corrected chi connectivity index (χ3v) is 3.95. The van der Waals surface area contributed by atoms with E-state index in [0.29, 0.717) is 6.04 Å². The molecule has 1 atom stereocenters.